The van der Waals surface area contributed by atoms with Crippen LogP contribution in [0.15, 0.2) is 28.9 Å². The number of hydrogen-bond donors (Lipinski definition) is 0. The van der Waals surface area contributed by atoms with Gasteiger partial charge in [-0.2, -0.15) is 0 Å². The van der Waals surface area contributed by atoms with E-state index in [-0.39, 0.29) is 5.92 Å². The fourth-order valence-corrected chi connectivity index (χ4v) is 2.17. The second kappa shape index (κ2) is 2.59. The van der Waals surface area contributed by atoms with Gasteiger partial charge in [-0.05, 0) is 42.7 Å². The lowest BCUT2D eigenvalue weighted by Gasteiger charge is -2.01. The average molecular weight is 190 g/mol. The van der Waals surface area contributed by atoms with Crippen LogP contribution in [0.1, 0.15) is 23.5 Å². The molecule has 2 unspecified atom stereocenters. The molecule has 2 heteroatoms. The van der Waals surface area contributed by atoms with Gasteiger partial charge in [0.1, 0.15) is 11.9 Å². The van der Waals surface area contributed by atoms with Crippen molar-refractivity contribution in [3.8, 4) is 11.3 Å². The summed E-state index contributed by atoms with van der Waals surface area (Å²) in [6.07, 6.45) is 1.69. The third-order valence-corrected chi connectivity index (χ3v) is 2.95. The Balaban J connectivity index is 2.19. The zero-order chi connectivity index (χ0) is 9.71. The third-order valence-electron chi connectivity index (χ3n) is 2.95. The van der Waals surface area contributed by atoms with Crippen molar-refractivity contribution in [2.75, 3.05) is 0 Å². The Bertz CT molecular complexity index is 446. The van der Waals surface area contributed by atoms with E-state index in [0.29, 0.717) is 6.42 Å². The molecule has 0 amide bonds. The molecule has 0 aromatic carbocycles. The van der Waals surface area contributed by atoms with Gasteiger partial charge in [0.25, 0.3) is 0 Å². The minimum absolute atomic E-state index is 0.116. The maximum absolute atomic E-state index is 13.0. The van der Waals surface area contributed by atoms with Crippen LogP contribution in [-0.4, -0.2) is 6.17 Å². The second-order valence-corrected chi connectivity index (χ2v) is 3.99. The van der Waals surface area contributed by atoms with E-state index in [1.165, 1.54) is 0 Å². The van der Waals surface area contributed by atoms with Gasteiger partial charge in [0.05, 0.1) is 6.26 Å². The molecule has 2 aliphatic carbocycles. The molecule has 1 aliphatic heterocycles. The summed E-state index contributed by atoms with van der Waals surface area (Å²) in [5.74, 6) is 0.990. The van der Waals surface area contributed by atoms with E-state index in [1.54, 1.807) is 6.26 Å². The van der Waals surface area contributed by atoms with Crippen LogP contribution in [0.25, 0.3) is 11.3 Å². The van der Waals surface area contributed by atoms with Crippen molar-refractivity contribution in [3.05, 3.63) is 35.6 Å². The van der Waals surface area contributed by atoms with E-state index < -0.39 is 6.17 Å². The smallest absolute Gasteiger partial charge is 0.134 e. The summed E-state index contributed by atoms with van der Waals surface area (Å²) in [6, 6.07) is 5.86. The fraction of sp³-hybridized carbons (Fsp3) is 0.333. The lowest BCUT2D eigenvalue weighted by Crippen LogP contribution is -1.85. The highest BCUT2D eigenvalue weighted by Gasteiger charge is 2.42. The summed E-state index contributed by atoms with van der Waals surface area (Å²) in [5.41, 5.74) is 3.38. The van der Waals surface area contributed by atoms with Crippen molar-refractivity contribution in [2.24, 2.45) is 0 Å². The van der Waals surface area contributed by atoms with Gasteiger partial charge in [-0.25, -0.2) is 4.39 Å². The van der Waals surface area contributed by atoms with Crippen molar-refractivity contribution in [1.82, 2.24) is 0 Å². The summed E-state index contributed by atoms with van der Waals surface area (Å²) in [4.78, 5) is 0. The van der Waals surface area contributed by atoms with E-state index in [1.807, 2.05) is 25.1 Å². The lowest BCUT2D eigenvalue weighted by molar-refractivity contribution is 0.468. The minimum Gasteiger partial charge on any atom is -0.464 e. The fourth-order valence-electron chi connectivity index (χ4n) is 2.17. The molecule has 14 heavy (non-hydrogen) atoms. The van der Waals surface area contributed by atoms with E-state index in [9.17, 15) is 4.39 Å². The Morgan fingerprint density at radius 1 is 1.50 bits per heavy atom. The molecule has 0 aromatic heterocycles. The van der Waals surface area contributed by atoms with Gasteiger partial charge in [-0.1, -0.05) is 0 Å². The molecular weight excluding hydrogens is 179 g/mol. The van der Waals surface area contributed by atoms with E-state index in [4.69, 9.17) is 4.42 Å². The Labute approximate surface area is 81.9 Å². The van der Waals surface area contributed by atoms with Crippen LogP contribution < -0.4 is 0 Å². The highest BCUT2D eigenvalue weighted by molar-refractivity contribution is 5.70. The van der Waals surface area contributed by atoms with Crippen molar-refractivity contribution < 1.29 is 8.81 Å². The largest absolute Gasteiger partial charge is 0.464 e. The van der Waals surface area contributed by atoms with Gasteiger partial charge in [-0.15, -0.1) is 0 Å². The third kappa shape index (κ3) is 0.999. The van der Waals surface area contributed by atoms with Gasteiger partial charge in [0.15, 0.2) is 0 Å². The summed E-state index contributed by atoms with van der Waals surface area (Å²) < 4.78 is 18.4. The van der Waals surface area contributed by atoms with Crippen LogP contribution >= 0.6 is 0 Å². The number of aryl methyl sites for hydroxylation is 1. The Hall–Kier alpha value is -1.31. The number of fused-ring (bicyclic) bond motifs is 1. The standard InChI is InChI=1S/C12H11FO/c1-7-5-11-8(3-2-4-14-11)12(7)9-6-10(9)13/h2-5,9-10H,6H2,1H3. The molecule has 0 aromatic rings. The van der Waals surface area contributed by atoms with Gasteiger partial charge in [0.2, 0.25) is 0 Å². The monoisotopic (exact) mass is 190 g/mol. The molecule has 2 atom stereocenters. The quantitative estimate of drug-likeness (QED) is 0.670. The predicted molar refractivity (Wildman–Crippen MR) is 52.3 cm³/mol. The molecule has 3 rings (SSSR count). The van der Waals surface area contributed by atoms with Crippen LogP contribution in [0.2, 0.25) is 0 Å². The van der Waals surface area contributed by atoms with Crippen LogP contribution in [0.3, 0.4) is 0 Å². The molecule has 0 bridgehead atoms. The van der Waals surface area contributed by atoms with Crippen LogP contribution in [0.5, 0.6) is 0 Å². The molecule has 0 radical (unpaired) electrons. The SMILES string of the molecule is Cc1cc2occcc-2c1C1CC1F. The molecule has 3 aliphatic rings. The number of hydrogen-bond acceptors (Lipinski definition) is 1. The highest BCUT2D eigenvalue weighted by Crippen LogP contribution is 2.49. The van der Waals surface area contributed by atoms with Crippen LogP contribution in [0, 0.1) is 6.92 Å². The van der Waals surface area contributed by atoms with E-state index in [0.717, 1.165) is 22.5 Å². The Morgan fingerprint density at radius 2 is 2.29 bits per heavy atom. The molecule has 0 spiro atoms. The molecule has 1 nitrogen and oxygen atoms in total. The first-order valence-corrected chi connectivity index (χ1v) is 4.88. The first-order valence-electron chi connectivity index (χ1n) is 4.88. The molecule has 1 saturated carbocycles. The Morgan fingerprint density at radius 3 is 3.00 bits per heavy atom. The minimum atomic E-state index is -0.639. The van der Waals surface area contributed by atoms with Gasteiger partial charge < -0.3 is 4.42 Å². The number of alkyl halides is 1. The first kappa shape index (κ1) is 8.04. The molecule has 0 N–H and O–H groups in total. The van der Waals surface area contributed by atoms with Gasteiger partial charge in [-0.3, -0.25) is 0 Å². The topological polar surface area (TPSA) is 13.1 Å². The maximum atomic E-state index is 13.0. The van der Waals surface area contributed by atoms with Crippen LogP contribution in [-0.2, 0) is 0 Å². The maximum Gasteiger partial charge on any atom is 0.134 e. The Kier molecular flexibility index (Phi) is 1.49. The van der Waals surface area contributed by atoms with Crippen molar-refractivity contribution in [2.45, 2.75) is 25.4 Å². The van der Waals surface area contributed by atoms with Crippen molar-refractivity contribution >= 4 is 0 Å². The molecular formula is C12H11FO. The summed E-state index contributed by atoms with van der Waals surface area (Å²) >= 11 is 0. The second-order valence-electron chi connectivity index (χ2n) is 3.99. The molecule has 1 fully saturated rings. The van der Waals surface area contributed by atoms with Gasteiger partial charge in [0, 0.05) is 11.5 Å². The first-order chi connectivity index (χ1) is 6.77. The zero-order valence-corrected chi connectivity index (χ0v) is 7.96. The molecule has 0 saturated heterocycles. The molecule has 72 valence electrons. The summed E-state index contributed by atoms with van der Waals surface area (Å²) in [7, 11) is 0. The number of halogens is 1. The normalized spacial score (nSPS) is 25.6. The highest BCUT2D eigenvalue weighted by atomic mass is 19.1. The summed E-state index contributed by atoms with van der Waals surface area (Å²) in [6.45, 7) is 2.02. The number of rotatable bonds is 1. The van der Waals surface area contributed by atoms with Gasteiger partial charge >= 0.3 is 0 Å². The lowest BCUT2D eigenvalue weighted by atomic mass is 10.1. The van der Waals surface area contributed by atoms with Crippen molar-refractivity contribution in [1.29, 1.82) is 0 Å². The predicted octanol–water partition coefficient (Wildman–Crippen LogP) is 3.52. The van der Waals surface area contributed by atoms with Crippen molar-refractivity contribution in [3.63, 3.8) is 0 Å². The summed E-state index contributed by atoms with van der Waals surface area (Å²) in [5, 5.41) is 0. The average Bonchev–Trinajstić information content (AvgIpc) is 2.78. The van der Waals surface area contributed by atoms with E-state index in [2.05, 4.69) is 0 Å². The molecule has 1 heterocycles. The van der Waals surface area contributed by atoms with Crippen LogP contribution in [0.4, 0.5) is 4.39 Å². The van der Waals surface area contributed by atoms with E-state index >= 15 is 0 Å². The zero-order valence-electron chi connectivity index (χ0n) is 7.96.